The quantitative estimate of drug-likeness (QED) is 0.339. The highest BCUT2D eigenvalue weighted by Crippen LogP contribution is 2.24. The first-order chi connectivity index (χ1) is 16.2. The third-order valence-corrected chi connectivity index (χ3v) is 6.70. The molecule has 9 heteroatoms. The van der Waals surface area contributed by atoms with Crippen molar-refractivity contribution in [3.63, 3.8) is 0 Å². The number of fused-ring (bicyclic) bond motifs is 1. The van der Waals surface area contributed by atoms with Gasteiger partial charge in [-0.1, -0.05) is 43.2 Å². The fraction of sp³-hybridized carbons (Fsp3) is 0.333. The lowest BCUT2D eigenvalue weighted by atomic mass is 9.90. The number of anilines is 2. The number of pyridine rings is 1. The smallest absolute Gasteiger partial charge is 0.229 e. The number of benzene rings is 1. The molecule has 3 aromatic heterocycles. The van der Waals surface area contributed by atoms with Crippen LogP contribution in [0.15, 0.2) is 59.3 Å². The SMILES string of the molecule is CNC1CCCCC1Nc1nc(NCc2ccc(-c3ccccn3)cc2)n2ncc(Br)c2n1. The summed E-state index contributed by atoms with van der Waals surface area (Å²) < 4.78 is 2.57. The molecule has 1 saturated carbocycles. The minimum atomic E-state index is 0.305. The molecule has 3 heterocycles. The van der Waals surface area contributed by atoms with E-state index in [-0.39, 0.29) is 0 Å². The molecule has 1 aromatic carbocycles. The fourth-order valence-electron chi connectivity index (χ4n) is 4.35. The molecule has 3 N–H and O–H groups in total. The van der Waals surface area contributed by atoms with E-state index < -0.39 is 0 Å². The van der Waals surface area contributed by atoms with Gasteiger partial charge in [-0.05, 0) is 53.5 Å². The summed E-state index contributed by atoms with van der Waals surface area (Å²) in [7, 11) is 2.02. The molecule has 1 aliphatic carbocycles. The number of aromatic nitrogens is 5. The van der Waals surface area contributed by atoms with Gasteiger partial charge in [-0.15, -0.1) is 0 Å². The van der Waals surface area contributed by atoms with E-state index in [1.165, 1.54) is 12.8 Å². The van der Waals surface area contributed by atoms with Crippen molar-refractivity contribution in [1.82, 2.24) is 29.9 Å². The van der Waals surface area contributed by atoms with E-state index in [1.54, 1.807) is 10.7 Å². The second-order valence-electron chi connectivity index (χ2n) is 8.29. The zero-order valence-corrected chi connectivity index (χ0v) is 20.1. The van der Waals surface area contributed by atoms with Crippen molar-refractivity contribution in [2.45, 2.75) is 44.3 Å². The normalized spacial score (nSPS) is 18.4. The topological polar surface area (TPSA) is 92.1 Å². The summed E-state index contributed by atoms with van der Waals surface area (Å²) in [5, 5.41) is 14.9. The Hall–Kier alpha value is -3.04. The molecule has 0 bridgehead atoms. The molecule has 1 fully saturated rings. The lowest BCUT2D eigenvalue weighted by Gasteiger charge is -2.32. The molecule has 0 saturated heterocycles. The number of nitrogens with one attached hydrogen (secondary N) is 3. The molecule has 170 valence electrons. The Morgan fingerprint density at radius 1 is 1.03 bits per heavy atom. The molecule has 0 aliphatic heterocycles. The van der Waals surface area contributed by atoms with Crippen molar-refractivity contribution in [3.8, 4) is 11.3 Å². The third-order valence-electron chi connectivity index (χ3n) is 6.14. The zero-order chi connectivity index (χ0) is 22.6. The van der Waals surface area contributed by atoms with Gasteiger partial charge in [0.1, 0.15) is 0 Å². The van der Waals surface area contributed by atoms with Gasteiger partial charge >= 0.3 is 0 Å². The number of hydrogen-bond donors (Lipinski definition) is 3. The molecule has 33 heavy (non-hydrogen) atoms. The van der Waals surface area contributed by atoms with Crippen molar-refractivity contribution >= 4 is 33.5 Å². The van der Waals surface area contributed by atoms with Crippen LogP contribution in [0.2, 0.25) is 0 Å². The highest BCUT2D eigenvalue weighted by Gasteiger charge is 2.25. The molecule has 5 rings (SSSR count). The van der Waals surface area contributed by atoms with Crippen molar-refractivity contribution in [3.05, 3.63) is 64.9 Å². The van der Waals surface area contributed by atoms with Crippen molar-refractivity contribution in [2.75, 3.05) is 17.7 Å². The second kappa shape index (κ2) is 9.84. The van der Waals surface area contributed by atoms with Crippen LogP contribution < -0.4 is 16.0 Å². The zero-order valence-electron chi connectivity index (χ0n) is 18.5. The van der Waals surface area contributed by atoms with Gasteiger partial charge < -0.3 is 16.0 Å². The Bertz CT molecular complexity index is 1210. The molecule has 2 atom stereocenters. The summed E-state index contributed by atoms with van der Waals surface area (Å²) in [5.74, 6) is 1.27. The van der Waals surface area contributed by atoms with Crippen LogP contribution in [-0.2, 0) is 6.54 Å². The minimum absolute atomic E-state index is 0.305. The Labute approximate surface area is 201 Å². The Morgan fingerprint density at radius 3 is 2.61 bits per heavy atom. The van der Waals surface area contributed by atoms with Crippen molar-refractivity contribution < 1.29 is 0 Å². The van der Waals surface area contributed by atoms with E-state index >= 15 is 0 Å². The third kappa shape index (κ3) is 4.84. The van der Waals surface area contributed by atoms with Crippen LogP contribution in [0.25, 0.3) is 16.9 Å². The summed E-state index contributed by atoms with van der Waals surface area (Å²) >= 11 is 3.56. The number of nitrogens with zero attached hydrogens (tertiary/aromatic N) is 5. The molecule has 0 radical (unpaired) electrons. The maximum Gasteiger partial charge on any atom is 0.229 e. The van der Waals surface area contributed by atoms with Crippen molar-refractivity contribution in [2.24, 2.45) is 0 Å². The van der Waals surface area contributed by atoms with Crippen LogP contribution in [0.1, 0.15) is 31.2 Å². The second-order valence-corrected chi connectivity index (χ2v) is 9.15. The molecule has 0 amide bonds. The number of hydrogen-bond acceptors (Lipinski definition) is 7. The number of halogens is 1. The van der Waals surface area contributed by atoms with Gasteiger partial charge in [0.05, 0.1) is 16.4 Å². The van der Waals surface area contributed by atoms with Crippen LogP contribution in [0.4, 0.5) is 11.9 Å². The summed E-state index contributed by atoms with van der Waals surface area (Å²) in [5.41, 5.74) is 3.94. The Kier molecular flexibility index (Phi) is 6.50. The van der Waals surface area contributed by atoms with Crippen LogP contribution in [0.5, 0.6) is 0 Å². The first kappa shape index (κ1) is 21.8. The van der Waals surface area contributed by atoms with E-state index in [4.69, 9.17) is 9.97 Å². The lowest BCUT2D eigenvalue weighted by molar-refractivity contribution is 0.360. The molecule has 1 aliphatic rings. The van der Waals surface area contributed by atoms with Gasteiger partial charge in [0.15, 0.2) is 5.65 Å². The van der Waals surface area contributed by atoms with Crippen LogP contribution in [0.3, 0.4) is 0 Å². The molecule has 8 nitrogen and oxygen atoms in total. The van der Waals surface area contributed by atoms with E-state index in [9.17, 15) is 0 Å². The monoisotopic (exact) mass is 506 g/mol. The summed E-state index contributed by atoms with van der Waals surface area (Å²) in [6, 6.07) is 15.0. The van der Waals surface area contributed by atoms with Gasteiger partial charge in [-0.2, -0.15) is 19.6 Å². The molecule has 0 spiro atoms. The molecule has 2 unspecified atom stereocenters. The maximum atomic E-state index is 4.77. The highest BCUT2D eigenvalue weighted by atomic mass is 79.9. The average Bonchev–Trinajstić information content (AvgIpc) is 3.24. The van der Waals surface area contributed by atoms with E-state index in [0.29, 0.717) is 30.5 Å². The molecular formula is C24H27BrN8. The van der Waals surface area contributed by atoms with Gasteiger partial charge in [-0.3, -0.25) is 4.98 Å². The fourth-order valence-corrected chi connectivity index (χ4v) is 4.70. The van der Waals surface area contributed by atoms with E-state index in [2.05, 4.69) is 66.2 Å². The first-order valence-corrected chi connectivity index (χ1v) is 12.1. The number of rotatable bonds is 7. The Morgan fingerprint density at radius 2 is 1.85 bits per heavy atom. The predicted molar refractivity (Wildman–Crippen MR) is 134 cm³/mol. The van der Waals surface area contributed by atoms with E-state index in [0.717, 1.165) is 39.8 Å². The molecular weight excluding hydrogens is 480 g/mol. The largest absolute Gasteiger partial charge is 0.350 e. The summed E-state index contributed by atoms with van der Waals surface area (Å²) in [6.45, 7) is 0.619. The van der Waals surface area contributed by atoms with Gasteiger partial charge in [0.2, 0.25) is 11.9 Å². The van der Waals surface area contributed by atoms with Crippen LogP contribution >= 0.6 is 15.9 Å². The first-order valence-electron chi connectivity index (χ1n) is 11.3. The van der Waals surface area contributed by atoms with Gasteiger partial charge in [0.25, 0.3) is 0 Å². The van der Waals surface area contributed by atoms with Crippen LogP contribution in [0, 0.1) is 0 Å². The number of likely N-dealkylation sites (N-methyl/N-ethyl adjacent to an activating group) is 1. The minimum Gasteiger partial charge on any atom is -0.350 e. The Balaban J connectivity index is 1.35. The highest BCUT2D eigenvalue weighted by molar-refractivity contribution is 9.10. The summed E-state index contributed by atoms with van der Waals surface area (Å²) in [4.78, 5) is 13.9. The van der Waals surface area contributed by atoms with Crippen LogP contribution in [-0.4, -0.2) is 43.7 Å². The maximum absolute atomic E-state index is 4.77. The van der Waals surface area contributed by atoms with E-state index in [1.807, 2.05) is 31.4 Å². The standard InChI is InChI=1S/C24H27BrN8/c1-26-20-7-2-3-8-21(20)30-23-31-22-18(25)15-29-33(22)24(32-23)28-14-16-9-11-17(12-10-16)19-6-4-5-13-27-19/h4-6,9-13,15,20-21,26H,2-3,7-8,14H2,1H3,(H2,28,30,31,32). The lowest BCUT2D eigenvalue weighted by Crippen LogP contribution is -2.45. The van der Waals surface area contributed by atoms with Crippen molar-refractivity contribution in [1.29, 1.82) is 0 Å². The van der Waals surface area contributed by atoms with Gasteiger partial charge in [0, 0.05) is 30.4 Å². The summed E-state index contributed by atoms with van der Waals surface area (Å²) in [6.07, 6.45) is 8.29. The average molecular weight is 507 g/mol. The molecule has 4 aromatic rings. The predicted octanol–water partition coefficient (Wildman–Crippen LogP) is 4.50. The van der Waals surface area contributed by atoms with Gasteiger partial charge in [-0.25, -0.2) is 0 Å².